The molecule has 0 spiro atoms. The van der Waals surface area contributed by atoms with Crippen molar-refractivity contribution in [3.05, 3.63) is 70.1 Å². The van der Waals surface area contributed by atoms with Gasteiger partial charge in [-0.3, -0.25) is 4.79 Å². The Kier molecular flexibility index (Phi) is 5.26. The Morgan fingerprint density at radius 1 is 1.04 bits per heavy atom. The number of aromatic nitrogens is 2. The molecule has 28 heavy (non-hydrogen) atoms. The van der Waals surface area contributed by atoms with Gasteiger partial charge in [-0.05, 0) is 68.4 Å². The predicted molar refractivity (Wildman–Crippen MR) is 114 cm³/mol. The van der Waals surface area contributed by atoms with Crippen LogP contribution in [0.3, 0.4) is 0 Å². The van der Waals surface area contributed by atoms with E-state index in [1.165, 1.54) is 0 Å². The fourth-order valence-corrected chi connectivity index (χ4v) is 3.69. The lowest BCUT2D eigenvalue weighted by Gasteiger charge is -2.29. The molecule has 3 aromatic rings. The summed E-state index contributed by atoms with van der Waals surface area (Å²) in [5.74, 6) is 0.842. The summed E-state index contributed by atoms with van der Waals surface area (Å²) in [7, 11) is 3.78. The molecule has 5 heteroatoms. The minimum Gasteiger partial charge on any atom is -0.497 e. The van der Waals surface area contributed by atoms with Gasteiger partial charge in [-0.2, -0.15) is 5.10 Å². The van der Waals surface area contributed by atoms with E-state index in [0.29, 0.717) is 0 Å². The highest BCUT2D eigenvalue weighted by Crippen LogP contribution is 2.21. The lowest BCUT2D eigenvalue weighted by Crippen LogP contribution is -2.36. The smallest absolute Gasteiger partial charge is 0.274 e. The minimum atomic E-state index is 0.0118. The van der Waals surface area contributed by atoms with E-state index in [2.05, 4.69) is 17.0 Å². The third-order valence-corrected chi connectivity index (χ3v) is 5.45. The number of fused-ring (bicyclic) bond motifs is 1. The molecule has 1 fully saturated rings. The van der Waals surface area contributed by atoms with Gasteiger partial charge >= 0.3 is 0 Å². The first kappa shape index (κ1) is 18.4. The molecule has 0 N–H and O–H groups in total. The van der Waals surface area contributed by atoms with Gasteiger partial charge in [0.1, 0.15) is 5.75 Å². The summed E-state index contributed by atoms with van der Waals surface area (Å²) >= 11 is 0. The van der Waals surface area contributed by atoms with Gasteiger partial charge < -0.3 is 9.64 Å². The highest BCUT2D eigenvalue weighted by atomic mass is 16.5. The van der Waals surface area contributed by atoms with Gasteiger partial charge in [-0.25, -0.2) is 4.68 Å². The molecule has 1 aromatic heterocycles. The molecular formula is C23H25N3O2. The number of likely N-dealkylation sites (tertiary alicyclic amines) is 1. The van der Waals surface area contributed by atoms with Crippen LogP contribution in [0.1, 0.15) is 30.0 Å². The number of hydrogen-bond donors (Lipinski definition) is 0. The maximum Gasteiger partial charge on any atom is 0.274 e. The second kappa shape index (κ2) is 7.98. The molecule has 0 amide bonds. The SMILES string of the molecule is COc1ccc(/C=C/c2ccc3c(=O)n(C4CCN(C)CC4)ncc3c2)cc1. The monoisotopic (exact) mass is 375 g/mol. The summed E-state index contributed by atoms with van der Waals surface area (Å²) in [4.78, 5) is 15.2. The van der Waals surface area contributed by atoms with Gasteiger partial charge in [-0.1, -0.05) is 30.4 Å². The zero-order chi connectivity index (χ0) is 19.5. The Labute approximate surface area is 164 Å². The Balaban J connectivity index is 1.58. The van der Waals surface area contributed by atoms with Gasteiger partial charge in [-0.15, -0.1) is 0 Å². The number of methoxy groups -OCH3 is 1. The number of nitrogens with zero attached hydrogens (tertiary/aromatic N) is 3. The molecule has 1 aliphatic heterocycles. The second-order valence-electron chi connectivity index (χ2n) is 7.38. The van der Waals surface area contributed by atoms with E-state index in [9.17, 15) is 4.79 Å². The van der Waals surface area contributed by atoms with Crippen molar-refractivity contribution in [3.63, 3.8) is 0 Å². The van der Waals surface area contributed by atoms with E-state index in [1.807, 2.05) is 60.8 Å². The van der Waals surface area contributed by atoms with Crippen molar-refractivity contribution < 1.29 is 4.74 Å². The van der Waals surface area contributed by atoms with E-state index >= 15 is 0 Å². The topological polar surface area (TPSA) is 47.4 Å². The molecule has 0 aliphatic carbocycles. The van der Waals surface area contributed by atoms with Crippen LogP contribution in [-0.2, 0) is 0 Å². The van der Waals surface area contributed by atoms with Crippen molar-refractivity contribution in [3.8, 4) is 5.75 Å². The minimum absolute atomic E-state index is 0.0118. The molecule has 4 rings (SSSR count). The van der Waals surface area contributed by atoms with Crippen LogP contribution in [0.15, 0.2) is 53.5 Å². The summed E-state index contributed by atoms with van der Waals surface area (Å²) in [6, 6.07) is 14.0. The first-order valence-electron chi connectivity index (χ1n) is 9.66. The standard InChI is InChI=1S/C23H25N3O2/c1-25-13-11-20(12-14-25)26-23(27)22-10-7-18(15-19(22)16-24-26)4-3-17-5-8-21(28-2)9-6-17/h3-10,15-16,20H,11-14H2,1-2H3/b4-3+. The molecule has 0 radical (unpaired) electrons. The second-order valence-corrected chi connectivity index (χ2v) is 7.38. The van der Waals surface area contributed by atoms with Gasteiger partial charge in [0.15, 0.2) is 0 Å². The quantitative estimate of drug-likeness (QED) is 0.650. The molecule has 144 valence electrons. The van der Waals surface area contributed by atoms with E-state index in [-0.39, 0.29) is 11.6 Å². The van der Waals surface area contributed by atoms with Gasteiger partial charge in [0.2, 0.25) is 0 Å². The zero-order valence-corrected chi connectivity index (χ0v) is 16.3. The van der Waals surface area contributed by atoms with E-state index < -0.39 is 0 Å². The lowest BCUT2D eigenvalue weighted by molar-refractivity contribution is 0.209. The summed E-state index contributed by atoms with van der Waals surface area (Å²) in [5.41, 5.74) is 2.15. The number of hydrogen-bond acceptors (Lipinski definition) is 4. The Bertz CT molecular complexity index is 1050. The molecule has 1 saturated heterocycles. The fraction of sp³-hybridized carbons (Fsp3) is 0.304. The van der Waals surface area contributed by atoms with Crippen LogP contribution < -0.4 is 10.3 Å². The van der Waals surface area contributed by atoms with Gasteiger partial charge in [0.25, 0.3) is 5.56 Å². The molecule has 0 bridgehead atoms. The van der Waals surface area contributed by atoms with Crippen LogP contribution in [0.5, 0.6) is 5.75 Å². The molecule has 0 saturated carbocycles. The summed E-state index contributed by atoms with van der Waals surface area (Å²) in [5, 5.41) is 6.09. The average Bonchev–Trinajstić information content (AvgIpc) is 2.74. The normalized spacial score (nSPS) is 16.1. The van der Waals surface area contributed by atoms with Crippen molar-refractivity contribution in [1.29, 1.82) is 0 Å². The number of piperidine rings is 1. The molecule has 0 atom stereocenters. The molecule has 2 heterocycles. The van der Waals surface area contributed by atoms with Crippen LogP contribution in [0, 0.1) is 0 Å². The summed E-state index contributed by atoms with van der Waals surface area (Å²) < 4.78 is 6.87. The summed E-state index contributed by atoms with van der Waals surface area (Å²) in [6.45, 7) is 2.01. The number of ether oxygens (including phenoxy) is 1. The fourth-order valence-electron chi connectivity index (χ4n) is 3.69. The lowest BCUT2D eigenvalue weighted by atomic mass is 10.0. The van der Waals surface area contributed by atoms with E-state index in [1.54, 1.807) is 11.8 Å². The third kappa shape index (κ3) is 3.85. The third-order valence-electron chi connectivity index (χ3n) is 5.45. The number of rotatable bonds is 4. The van der Waals surface area contributed by atoms with Crippen LogP contribution in [0.4, 0.5) is 0 Å². The molecule has 1 aliphatic rings. The highest BCUT2D eigenvalue weighted by Gasteiger charge is 2.20. The van der Waals surface area contributed by atoms with Crippen LogP contribution >= 0.6 is 0 Å². The Morgan fingerprint density at radius 2 is 1.71 bits per heavy atom. The average molecular weight is 375 g/mol. The van der Waals surface area contributed by atoms with Crippen LogP contribution in [-0.4, -0.2) is 41.9 Å². The van der Waals surface area contributed by atoms with Crippen LogP contribution in [0.25, 0.3) is 22.9 Å². The first-order valence-corrected chi connectivity index (χ1v) is 9.66. The highest BCUT2D eigenvalue weighted by molar-refractivity contribution is 5.84. The molecule has 0 unspecified atom stereocenters. The maximum absolute atomic E-state index is 12.9. The van der Waals surface area contributed by atoms with Crippen molar-refractivity contribution >= 4 is 22.9 Å². The zero-order valence-electron chi connectivity index (χ0n) is 16.3. The molecule has 5 nitrogen and oxygen atoms in total. The first-order chi connectivity index (χ1) is 13.6. The predicted octanol–water partition coefficient (Wildman–Crippen LogP) is 3.84. The van der Waals surface area contributed by atoms with E-state index in [0.717, 1.165) is 53.6 Å². The summed E-state index contributed by atoms with van der Waals surface area (Å²) in [6.07, 6.45) is 7.85. The Morgan fingerprint density at radius 3 is 2.43 bits per heavy atom. The van der Waals surface area contributed by atoms with Crippen molar-refractivity contribution in [2.75, 3.05) is 27.2 Å². The van der Waals surface area contributed by atoms with Gasteiger partial charge in [0, 0.05) is 5.39 Å². The van der Waals surface area contributed by atoms with Crippen molar-refractivity contribution in [2.24, 2.45) is 0 Å². The van der Waals surface area contributed by atoms with Crippen molar-refractivity contribution in [1.82, 2.24) is 14.7 Å². The van der Waals surface area contributed by atoms with Gasteiger partial charge in [0.05, 0.1) is 24.7 Å². The van der Waals surface area contributed by atoms with Crippen LogP contribution in [0.2, 0.25) is 0 Å². The molecular weight excluding hydrogens is 350 g/mol. The Hall–Kier alpha value is -2.92. The molecule has 2 aromatic carbocycles. The largest absolute Gasteiger partial charge is 0.497 e. The number of benzene rings is 2. The maximum atomic E-state index is 12.9. The van der Waals surface area contributed by atoms with Crippen molar-refractivity contribution in [2.45, 2.75) is 18.9 Å². The van der Waals surface area contributed by atoms with E-state index in [4.69, 9.17) is 4.74 Å².